The number of hydrogen-bond acceptors (Lipinski definition) is 5. The molecule has 24 heavy (non-hydrogen) atoms. The molecule has 0 aliphatic heterocycles. The van der Waals surface area contributed by atoms with Crippen molar-refractivity contribution in [1.82, 2.24) is 14.9 Å². The van der Waals surface area contributed by atoms with Crippen molar-refractivity contribution in [2.24, 2.45) is 5.92 Å². The zero-order chi connectivity index (χ0) is 18.1. The molecule has 128 valence electrons. The number of aromatic nitrogens is 2. The molecule has 7 nitrogen and oxygen atoms in total. The molecule has 8 heteroatoms. The number of imidazole rings is 1. The summed E-state index contributed by atoms with van der Waals surface area (Å²) < 4.78 is 25.3. The van der Waals surface area contributed by atoms with Crippen LogP contribution in [0.2, 0.25) is 0 Å². The summed E-state index contributed by atoms with van der Waals surface area (Å²) in [4.78, 5) is 16.5. The number of nitriles is 1. The van der Waals surface area contributed by atoms with Crippen molar-refractivity contribution in [2.75, 3.05) is 6.26 Å². The fourth-order valence-corrected chi connectivity index (χ4v) is 3.09. The van der Waals surface area contributed by atoms with Crippen LogP contribution in [0, 0.1) is 17.2 Å². The quantitative estimate of drug-likeness (QED) is 0.881. The van der Waals surface area contributed by atoms with Gasteiger partial charge in [-0.2, -0.15) is 5.26 Å². The second-order valence-corrected chi connectivity index (χ2v) is 8.17. The van der Waals surface area contributed by atoms with Gasteiger partial charge in [-0.3, -0.25) is 4.79 Å². The lowest BCUT2D eigenvalue weighted by Gasteiger charge is -2.27. The molecule has 0 fully saturated rings. The van der Waals surface area contributed by atoms with E-state index in [9.17, 15) is 18.5 Å². The van der Waals surface area contributed by atoms with Gasteiger partial charge in [0.25, 0.3) is 0 Å². The molecule has 0 unspecified atom stereocenters. The monoisotopic (exact) mass is 348 g/mol. The molecule has 0 radical (unpaired) electrons. The van der Waals surface area contributed by atoms with Gasteiger partial charge in [-0.25, -0.2) is 13.4 Å². The average Bonchev–Trinajstić information content (AvgIpc) is 2.86. The lowest BCUT2D eigenvalue weighted by molar-refractivity contribution is -0.123. The fourth-order valence-electron chi connectivity index (χ4n) is 2.26. The number of nitrogens with one attached hydrogen (secondary N) is 1. The number of rotatable bonds is 5. The number of sulfone groups is 1. The molecule has 1 amide bonds. The van der Waals surface area contributed by atoms with Gasteiger partial charge < -0.3 is 9.88 Å². The zero-order valence-electron chi connectivity index (χ0n) is 14.1. The van der Waals surface area contributed by atoms with Crippen molar-refractivity contribution in [1.29, 1.82) is 5.26 Å². The summed E-state index contributed by atoms with van der Waals surface area (Å²) in [5, 5.41) is 11.8. The molecule has 1 aromatic heterocycles. The van der Waals surface area contributed by atoms with Gasteiger partial charge in [-0.1, -0.05) is 26.0 Å². The van der Waals surface area contributed by atoms with Crippen LogP contribution in [0.1, 0.15) is 20.8 Å². The third kappa shape index (κ3) is 3.41. The minimum atomic E-state index is -3.60. The fraction of sp³-hybridized carbons (Fsp3) is 0.438. The van der Waals surface area contributed by atoms with E-state index in [2.05, 4.69) is 16.4 Å². The van der Waals surface area contributed by atoms with Crippen molar-refractivity contribution < 1.29 is 13.2 Å². The summed E-state index contributed by atoms with van der Waals surface area (Å²) in [5.41, 5.74) is 0.0209. The highest BCUT2D eigenvalue weighted by Gasteiger charge is 2.31. The molecule has 1 aromatic carbocycles. The van der Waals surface area contributed by atoms with Crippen LogP contribution in [0.5, 0.6) is 0 Å². The van der Waals surface area contributed by atoms with E-state index >= 15 is 0 Å². The molecule has 0 saturated heterocycles. The molecule has 1 N–H and O–H groups in total. The van der Waals surface area contributed by atoms with Crippen LogP contribution in [0.3, 0.4) is 0 Å². The summed E-state index contributed by atoms with van der Waals surface area (Å²) in [5.74, 6) is -0.541. The second kappa shape index (κ2) is 6.24. The van der Waals surface area contributed by atoms with Crippen molar-refractivity contribution in [3.63, 3.8) is 0 Å². The average molecular weight is 348 g/mol. The maximum absolute atomic E-state index is 12.4. The van der Waals surface area contributed by atoms with E-state index in [0.717, 1.165) is 6.26 Å². The number of carbonyl (C=O) groups is 1. The van der Waals surface area contributed by atoms with Crippen LogP contribution in [0.4, 0.5) is 0 Å². The van der Waals surface area contributed by atoms with Crippen molar-refractivity contribution >= 4 is 26.8 Å². The number of benzene rings is 1. The smallest absolute Gasteiger partial charge is 0.241 e. The first-order chi connectivity index (χ1) is 11.1. The SMILES string of the molecule is CC(C)[C@@](C)(C#N)NC(=O)Cn1c(S(C)(=O)=O)nc2ccccc21. The van der Waals surface area contributed by atoms with E-state index in [1.165, 1.54) is 4.57 Å². The Balaban J connectivity index is 2.43. The standard InChI is InChI=1S/C16H20N4O3S/c1-11(2)16(3,10-17)19-14(21)9-20-13-8-6-5-7-12(13)18-15(20)24(4,22)23/h5-8,11H,9H2,1-4H3,(H,19,21)/t16-/m1/s1. The van der Waals surface area contributed by atoms with Crippen LogP contribution in [-0.2, 0) is 21.2 Å². The lowest BCUT2D eigenvalue weighted by Crippen LogP contribution is -2.49. The van der Waals surface area contributed by atoms with E-state index < -0.39 is 21.3 Å². The van der Waals surface area contributed by atoms with Gasteiger partial charge >= 0.3 is 0 Å². The Morgan fingerprint density at radius 3 is 2.58 bits per heavy atom. The van der Waals surface area contributed by atoms with Crippen molar-refractivity contribution in [2.45, 2.75) is 38.0 Å². The Labute approximate surface area is 141 Å². The largest absolute Gasteiger partial charge is 0.336 e. The number of carbonyl (C=O) groups excluding carboxylic acids is 1. The van der Waals surface area contributed by atoms with Crippen molar-refractivity contribution in [3.05, 3.63) is 24.3 Å². The van der Waals surface area contributed by atoms with Crippen LogP contribution in [0.25, 0.3) is 11.0 Å². The highest BCUT2D eigenvalue weighted by Crippen LogP contribution is 2.20. The van der Waals surface area contributed by atoms with Gasteiger partial charge in [-0.05, 0) is 25.0 Å². The van der Waals surface area contributed by atoms with Crippen molar-refractivity contribution in [3.8, 4) is 6.07 Å². The lowest BCUT2D eigenvalue weighted by atomic mass is 9.90. The number of fused-ring (bicyclic) bond motifs is 1. The minimum absolute atomic E-state index is 0.0969. The molecule has 0 aliphatic carbocycles. The molecule has 1 atom stereocenters. The number of amides is 1. The molecule has 2 aromatic rings. The van der Waals surface area contributed by atoms with E-state index in [1.54, 1.807) is 31.2 Å². The highest BCUT2D eigenvalue weighted by molar-refractivity contribution is 7.90. The van der Waals surface area contributed by atoms with Crippen LogP contribution in [0.15, 0.2) is 29.4 Å². The molecule has 0 saturated carbocycles. The Morgan fingerprint density at radius 2 is 2.04 bits per heavy atom. The summed E-state index contributed by atoms with van der Waals surface area (Å²) in [6.07, 6.45) is 1.05. The van der Waals surface area contributed by atoms with Gasteiger partial charge in [0.2, 0.25) is 20.9 Å². The maximum atomic E-state index is 12.4. The molecule has 0 bridgehead atoms. The first-order valence-corrected chi connectivity index (χ1v) is 9.35. The minimum Gasteiger partial charge on any atom is -0.336 e. The summed E-state index contributed by atoms with van der Waals surface area (Å²) in [6.45, 7) is 5.07. The summed E-state index contributed by atoms with van der Waals surface area (Å²) >= 11 is 0. The third-order valence-corrected chi connectivity index (χ3v) is 5.01. The Hall–Kier alpha value is -2.40. The molecule has 1 heterocycles. The zero-order valence-corrected chi connectivity index (χ0v) is 14.9. The van der Waals surface area contributed by atoms with E-state index in [-0.39, 0.29) is 17.6 Å². The predicted molar refractivity (Wildman–Crippen MR) is 89.8 cm³/mol. The summed E-state index contributed by atoms with van der Waals surface area (Å²) in [6, 6.07) is 8.98. The molecular formula is C16H20N4O3S. The molecule has 0 spiro atoms. The second-order valence-electron chi connectivity index (χ2n) is 6.26. The highest BCUT2D eigenvalue weighted by atomic mass is 32.2. The number of hydrogen-bond donors (Lipinski definition) is 1. The van der Waals surface area contributed by atoms with Crippen LogP contribution >= 0.6 is 0 Å². The third-order valence-electron chi connectivity index (χ3n) is 4.04. The Bertz CT molecular complexity index is 924. The first kappa shape index (κ1) is 17.9. The topological polar surface area (TPSA) is 105 Å². The summed E-state index contributed by atoms with van der Waals surface area (Å²) in [7, 11) is -3.60. The van der Waals surface area contributed by atoms with E-state index in [0.29, 0.717) is 11.0 Å². The van der Waals surface area contributed by atoms with E-state index in [4.69, 9.17) is 0 Å². The molecular weight excluding hydrogens is 328 g/mol. The maximum Gasteiger partial charge on any atom is 0.241 e. The number of nitrogens with zero attached hydrogens (tertiary/aromatic N) is 3. The van der Waals surface area contributed by atoms with Gasteiger partial charge in [-0.15, -0.1) is 0 Å². The van der Waals surface area contributed by atoms with Crippen LogP contribution in [-0.4, -0.2) is 35.7 Å². The van der Waals surface area contributed by atoms with Crippen LogP contribution < -0.4 is 5.32 Å². The Morgan fingerprint density at radius 1 is 1.42 bits per heavy atom. The van der Waals surface area contributed by atoms with Gasteiger partial charge in [0.05, 0.1) is 17.1 Å². The van der Waals surface area contributed by atoms with Gasteiger partial charge in [0.1, 0.15) is 12.1 Å². The van der Waals surface area contributed by atoms with Gasteiger partial charge in [0.15, 0.2) is 0 Å². The molecule has 2 rings (SSSR count). The predicted octanol–water partition coefficient (Wildman–Crippen LogP) is 1.49. The normalized spacial score (nSPS) is 14.3. The van der Waals surface area contributed by atoms with Gasteiger partial charge in [0, 0.05) is 6.26 Å². The molecule has 0 aliphatic rings. The first-order valence-electron chi connectivity index (χ1n) is 7.46. The van der Waals surface area contributed by atoms with E-state index in [1.807, 2.05) is 13.8 Å². The number of para-hydroxylation sites is 2. The Kier molecular flexibility index (Phi) is 4.67.